The van der Waals surface area contributed by atoms with Gasteiger partial charge in [0.2, 0.25) is 0 Å². The smallest absolute Gasteiger partial charge is 0.253 e. The Morgan fingerprint density at radius 2 is 1.70 bits per heavy atom. The summed E-state index contributed by atoms with van der Waals surface area (Å²) in [4.78, 5) is 20.0. The molecule has 160 valence electrons. The maximum Gasteiger partial charge on any atom is 0.253 e. The second-order valence-electron chi connectivity index (χ2n) is 9.18. The molecule has 0 aliphatic carbocycles. The lowest BCUT2D eigenvalue weighted by Crippen LogP contribution is -2.49. The second-order valence-corrected chi connectivity index (χ2v) is 9.18. The number of benzene rings is 2. The number of aryl methyl sites for hydroxylation is 1. The van der Waals surface area contributed by atoms with Gasteiger partial charge in [0.15, 0.2) is 0 Å². The van der Waals surface area contributed by atoms with Crippen LogP contribution in [-0.2, 0) is 6.54 Å². The first kappa shape index (κ1) is 20.9. The lowest BCUT2D eigenvalue weighted by Gasteiger charge is -2.37. The average molecular weight is 406 g/mol. The van der Waals surface area contributed by atoms with Crippen LogP contribution >= 0.6 is 0 Å². The summed E-state index contributed by atoms with van der Waals surface area (Å²) in [6, 6.07) is 14.8. The third kappa shape index (κ3) is 4.70. The molecule has 1 amide bonds. The molecule has 2 aliphatic rings. The molecule has 2 fully saturated rings. The van der Waals surface area contributed by atoms with Crippen molar-refractivity contribution in [3.05, 3.63) is 64.7 Å². The highest BCUT2D eigenvalue weighted by atomic mass is 16.2. The molecule has 4 rings (SSSR count). The van der Waals surface area contributed by atoms with Crippen molar-refractivity contribution in [1.82, 2.24) is 9.80 Å². The van der Waals surface area contributed by atoms with E-state index in [0.717, 1.165) is 44.2 Å². The monoisotopic (exact) mass is 405 g/mol. The maximum atomic E-state index is 13.0. The summed E-state index contributed by atoms with van der Waals surface area (Å²) in [5.41, 5.74) is 6.09. The number of rotatable bonds is 4. The van der Waals surface area contributed by atoms with Gasteiger partial charge < -0.3 is 9.80 Å². The molecule has 0 N–H and O–H groups in total. The van der Waals surface area contributed by atoms with E-state index in [0.29, 0.717) is 0 Å². The van der Waals surface area contributed by atoms with Crippen LogP contribution < -0.4 is 4.90 Å². The van der Waals surface area contributed by atoms with E-state index in [9.17, 15) is 4.79 Å². The summed E-state index contributed by atoms with van der Waals surface area (Å²) < 4.78 is 0. The molecular formula is C26H35N3O. The summed E-state index contributed by atoms with van der Waals surface area (Å²) >= 11 is 0. The first-order chi connectivity index (χ1) is 14.5. The highest BCUT2D eigenvalue weighted by Crippen LogP contribution is 2.24. The molecule has 1 atom stereocenters. The van der Waals surface area contributed by atoms with Crippen LogP contribution in [0.2, 0.25) is 0 Å². The molecule has 1 unspecified atom stereocenters. The van der Waals surface area contributed by atoms with Crippen molar-refractivity contribution in [1.29, 1.82) is 0 Å². The van der Waals surface area contributed by atoms with Gasteiger partial charge >= 0.3 is 0 Å². The summed E-state index contributed by atoms with van der Waals surface area (Å²) in [7, 11) is 0. The average Bonchev–Trinajstić information content (AvgIpc) is 2.76. The Hall–Kier alpha value is -2.33. The normalized spacial score (nSPS) is 20.4. The Bertz CT molecular complexity index is 868. The van der Waals surface area contributed by atoms with Gasteiger partial charge in [0, 0.05) is 50.5 Å². The first-order valence-electron chi connectivity index (χ1n) is 11.4. The van der Waals surface area contributed by atoms with Crippen LogP contribution in [0.25, 0.3) is 0 Å². The molecule has 0 radical (unpaired) electrons. The fourth-order valence-corrected chi connectivity index (χ4v) is 4.85. The fraction of sp³-hybridized carbons (Fsp3) is 0.500. The number of nitrogens with zero attached hydrogens (tertiary/aromatic N) is 3. The second kappa shape index (κ2) is 9.22. The first-order valence-corrected chi connectivity index (χ1v) is 11.4. The largest absolute Gasteiger partial charge is 0.368 e. The van der Waals surface area contributed by atoms with Crippen LogP contribution in [0.15, 0.2) is 42.5 Å². The summed E-state index contributed by atoms with van der Waals surface area (Å²) in [6.07, 6.45) is 2.65. The van der Waals surface area contributed by atoms with Crippen molar-refractivity contribution >= 4 is 11.6 Å². The van der Waals surface area contributed by atoms with Crippen molar-refractivity contribution in [2.24, 2.45) is 5.92 Å². The Labute approximate surface area is 181 Å². The number of piperazine rings is 1. The summed E-state index contributed by atoms with van der Waals surface area (Å²) in [5.74, 6) is 0.954. The van der Waals surface area contributed by atoms with E-state index in [2.05, 4.69) is 60.9 Å². The summed E-state index contributed by atoms with van der Waals surface area (Å²) in [5, 5.41) is 0. The van der Waals surface area contributed by atoms with Crippen molar-refractivity contribution in [2.75, 3.05) is 44.2 Å². The third-order valence-corrected chi connectivity index (χ3v) is 6.83. The lowest BCUT2D eigenvalue weighted by atomic mass is 9.99. The zero-order valence-electron chi connectivity index (χ0n) is 18.7. The molecule has 2 saturated heterocycles. The van der Waals surface area contributed by atoms with Crippen LogP contribution in [0.4, 0.5) is 5.69 Å². The molecule has 2 aromatic rings. The molecule has 4 heteroatoms. The molecule has 4 nitrogen and oxygen atoms in total. The molecule has 30 heavy (non-hydrogen) atoms. The predicted octanol–water partition coefficient (Wildman–Crippen LogP) is 4.50. The molecule has 2 aromatic carbocycles. The van der Waals surface area contributed by atoms with Gasteiger partial charge in [-0.2, -0.15) is 0 Å². The number of hydrogen-bond acceptors (Lipinski definition) is 3. The van der Waals surface area contributed by atoms with Crippen molar-refractivity contribution in [3.8, 4) is 0 Å². The Morgan fingerprint density at radius 3 is 2.40 bits per heavy atom. The number of carbonyl (C=O) groups is 1. The maximum absolute atomic E-state index is 13.0. The van der Waals surface area contributed by atoms with Gasteiger partial charge in [-0.15, -0.1) is 0 Å². The van der Waals surface area contributed by atoms with Crippen LogP contribution in [0.1, 0.15) is 46.8 Å². The van der Waals surface area contributed by atoms with E-state index in [-0.39, 0.29) is 5.91 Å². The minimum atomic E-state index is 0.161. The number of likely N-dealkylation sites (tertiary alicyclic amines) is 1. The van der Waals surface area contributed by atoms with Gasteiger partial charge in [-0.1, -0.05) is 31.2 Å². The fourth-order valence-electron chi connectivity index (χ4n) is 4.85. The molecule has 0 spiro atoms. The Morgan fingerprint density at radius 1 is 0.967 bits per heavy atom. The van der Waals surface area contributed by atoms with Gasteiger partial charge in [0.25, 0.3) is 5.91 Å². The Kier molecular flexibility index (Phi) is 6.43. The number of amides is 1. The Balaban J connectivity index is 1.33. The van der Waals surface area contributed by atoms with E-state index >= 15 is 0 Å². The molecule has 0 aromatic heterocycles. The molecular weight excluding hydrogens is 370 g/mol. The summed E-state index contributed by atoms with van der Waals surface area (Å²) in [6.45, 7) is 13.4. The number of piperidine rings is 1. The molecule has 0 bridgehead atoms. The van der Waals surface area contributed by atoms with E-state index in [1.54, 1.807) is 0 Å². The minimum absolute atomic E-state index is 0.161. The standard InChI is InChI=1S/C26H35N3O/c1-20-6-5-13-27(18-20)19-23-9-11-24(12-10-23)26(30)29-16-14-28(15-17-29)25-8-4-7-21(2)22(25)3/h4,7-12,20H,5-6,13-19H2,1-3H3. The number of anilines is 1. The molecule has 0 saturated carbocycles. The van der Waals surface area contributed by atoms with Gasteiger partial charge in [-0.25, -0.2) is 0 Å². The van der Waals surface area contributed by atoms with Crippen LogP contribution in [0.3, 0.4) is 0 Å². The van der Waals surface area contributed by atoms with E-state index in [1.807, 2.05) is 17.0 Å². The van der Waals surface area contributed by atoms with Crippen LogP contribution in [-0.4, -0.2) is 55.0 Å². The SMILES string of the molecule is Cc1cccc(N2CCN(C(=O)c3ccc(CN4CCCC(C)C4)cc3)CC2)c1C. The zero-order chi connectivity index (χ0) is 21.1. The quantitative estimate of drug-likeness (QED) is 0.749. The number of hydrogen-bond donors (Lipinski definition) is 0. The zero-order valence-corrected chi connectivity index (χ0v) is 18.7. The lowest BCUT2D eigenvalue weighted by molar-refractivity contribution is 0.0746. The van der Waals surface area contributed by atoms with Crippen LogP contribution in [0, 0.1) is 19.8 Å². The van der Waals surface area contributed by atoms with Crippen molar-refractivity contribution in [2.45, 2.75) is 40.2 Å². The predicted molar refractivity (Wildman–Crippen MR) is 124 cm³/mol. The van der Waals surface area contributed by atoms with E-state index < -0.39 is 0 Å². The topological polar surface area (TPSA) is 26.8 Å². The minimum Gasteiger partial charge on any atom is -0.368 e. The molecule has 2 aliphatic heterocycles. The van der Waals surface area contributed by atoms with Crippen molar-refractivity contribution < 1.29 is 4.79 Å². The van der Waals surface area contributed by atoms with Gasteiger partial charge in [-0.05, 0) is 74.0 Å². The van der Waals surface area contributed by atoms with Gasteiger partial charge in [0.05, 0.1) is 0 Å². The van der Waals surface area contributed by atoms with Crippen LogP contribution in [0.5, 0.6) is 0 Å². The third-order valence-electron chi connectivity index (χ3n) is 6.83. The van der Waals surface area contributed by atoms with E-state index in [4.69, 9.17) is 0 Å². The van der Waals surface area contributed by atoms with Gasteiger partial charge in [0.1, 0.15) is 0 Å². The highest BCUT2D eigenvalue weighted by Gasteiger charge is 2.23. The van der Waals surface area contributed by atoms with Crippen molar-refractivity contribution in [3.63, 3.8) is 0 Å². The highest BCUT2D eigenvalue weighted by molar-refractivity contribution is 5.94. The van der Waals surface area contributed by atoms with Gasteiger partial charge in [-0.3, -0.25) is 9.69 Å². The molecule has 2 heterocycles. The number of carbonyl (C=O) groups excluding carboxylic acids is 1. The van der Waals surface area contributed by atoms with E-state index in [1.165, 1.54) is 48.3 Å².